The fraction of sp³-hybridized carbons (Fsp3) is 0.214. The van der Waals surface area contributed by atoms with Gasteiger partial charge in [0.1, 0.15) is 0 Å². The molecule has 3 aromatic rings. The van der Waals surface area contributed by atoms with Crippen LogP contribution in [0.25, 0.3) is 16.7 Å². The number of H-pyrrole nitrogens is 1. The topological polar surface area (TPSA) is 92.9 Å². The number of hydrogen-bond donors (Lipinski definition) is 2. The maximum Gasteiger partial charge on any atom is 0.316 e. The van der Waals surface area contributed by atoms with Gasteiger partial charge in [0.2, 0.25) is 0 Å². The first-order chi connectivity index (χ1) is 10.2. The molecule has 0 aliphatic rings. The van der Waals surface area contributed by atoms with Crippen molar-refractivity contribution in [1.82, 2.24) is 19.1 Å². The molecule has 0 aliphatic carbocycles. The maximum absolute atomic E-state index is 12.0. The lowest BCUT2D eigenvalue weighted by molar-refractivity contribution is 0.280. The Morgan fingerprint density at radius 3 is 2.86 bits per heavy atom. The number of nitrogens with zero attached hydrogens (tertiary/aromatic N) is 3. The number of fused-ring (bicyclic) bond motifs is 1. The van der Waals surface area contributed by atoms with Crippen LogP contribution in [-0.2, 0) is 6.54 Å². The zero-order valence-electron chi connectivity index (χ0n) is 11.2. The molecule has 0 unspecified atom stereocenters. The number of imidazole rings is 1. The second-order valence-corrected chi connectivity index (χ2v) is 4.66. The van der Waals surface area contributed by atoms with Gasteiger partial charge in [-0.3, -0.25) is 9.59 Å². The Morgan fingerprint density at radius 1 is 1.29 bits per heavy atom. The largest absolute Gasteiger partial charge is 0.396 e. The molecule has 1 aromatic carbocycles. The van der Waals surface area contributed by atoms with Crippen molar-refractivity contribution in [3.8, 4) is 5.69 Å². The van der Waals surface area contributed by atoms with Gasteiger partial charge in [0.25, 0.3) is 0 Å². The minimum Gasteiger partial charge on any atom is -0.396 e. The molecule has 0 bridgehead atoms. The SMILES string of the molecule is O=c1[nH]c2ccc(-n3ccnc3)cc2n(CCCO)c1=O. The fourth-order valence-corrected chi connectivity index (χ4v) is 2.28. The summed E-state index contributed by atoms with van der Waals surface area (Å²) in [7, 11) is 0. The molecule has 108 valence electrons. The highest BCUT2D eigenvalue weighted by Crippen LogP contribution is 2.15. The van der Waals surface area contributed by atoms with Crippen molar-refractivity contribution >= 4 is 11.0 Å². The quantitative estimate of drug-likeness (QED) is 0.673. The van der Waals surface area contributed by atoms with Crippen molar-refractivity contribution in [2.45, 2.75) is 13.0 Å². The fourth-order valence-electron chi connectivity index (χ4n) is 2.28. The summed E-state index contributed by atoms with van der Waals surface area (Å²) < 4.78 is 3.20. The third-order valence-electron chi connectivity index (χ3n) is 3.30. The Hall–Kier alpha value is -2.67. The van der Waals surface area contributed by atoms with Gasteiger partial charge in [-0.05, 0) is 24.6 Å². The van der Waals surface area contributed by atoms with Gasteiger partial charge in [0.15, 0.2) is 0 Å². The van der Waals surface area contributed by atoms with E-state index in [1.54, 1.807) is 24.8 Å². The number of aromatic amines is 1. The average molecular weight is 286 g/mol. The molecule has 2 aromatic heterocycles. The Labute approximate surface area is 119 Å². The number of aromatic nitrogens is 4. The van der Waals surface area contributed by atoms with Gasteiger partial charge in [0, 0.05) is 31.2 Å². The summed E-state index contributed by atoms with van der Waals surface area (Å²) in [4.78, 5) is 30.2. The predicted molar refractivity (Wildman–Crippen MR) is 77.7 cm³/mol. The van der Waals surface area contributed by atoms with Crippen molar-refractivity contribution in [1.29, 1.82) is 0 Å². The number of nitrogens with one attached hydrogen (secondary N) is 1. The number of rotatable bonds is 4. The van der Waals surface area contributed by atoms with Crippen molar-refractivity contribution < 1.29 is 5.11 Å². The highest BCUT2D eigenvalue weighted by atomic mass is 16.3. The molecule has 0 atom stereocenters. The van der Waals surface area contributed by atoms with Crippen LogP contribution < -0.4 is 11.1 Å². The molecule has 7 heteroatoms. The molecule has 2 heterocycles. The van der Waals surface area contributed by atoms with Crippen LogP contribution in [0, 0.1) is 0 Å². The van der Waals surface area contributed by atoms with Gasteiger partial charge in [-0.15, -0.1) is 0 Å². The number of aliphatic hydroxyl groups excluding tert-OH is 1. The van der Waals surface area contributed by atoms with Gasteiger partial charge in [-0.25, -0.2) is 4.98 Å². The number of aryl methyl sites for hydroxylation is 1. The van der Waals surface area contributed by atoms with Gasteiger partial charge in [-0.2, -0.15) is 0 Å². The van der Waals surface area contributed by atoms with Crippen molar-refractivity contribution in [2.75, 3.05) is 6.61 Å². The zero-order valence-corrected chi connectivity index (χ0v) is 11.2. The molecule has 7 nitrogen and oxygen atoms in total. The highest BCUT2D eigenvalue weighted by Gasteiger charge is 2.08. The Kier molecular flexibility index (Phi) is 3.41. The third kappa shape index (κ3) is 2.38. The first-order valence-corrected chi connectivity index (χ1v) is 6.57. The summed E-state index contributed by atoms with van der Waals surface area (Å²) in [6, 6.07) is 5.40. The number of hydrogen-bond acceptors (Lipinski definition) is 4. The zero-order chi connectivity index (χ0) is 14.8. The van der Waals surface area contributed by atoms with E-state index in [1.165, 1.54) is 4.57 Å². The highest BCUT2D eigenvalue weighted by molar-refractivity contribution is 5.77. The molecule has 0 spiro atoms. The molecular weight excluding hydrogens is 272 g/mol. The van der Waals surface area contributed by atoms with Gasteiger partial charge in [-0.1, -0.05) is 0 Å². The van der Waals surface area contributed by atoms with E-state index in [0.29, 0.717) is 24.0 Å². The summed E-state index contributed by atoms with van der Waals surface area (Å²) in [5.41, 5.74) is 0.777. The van der Waals surface area contributed by atoms with Crippen LogP contribution in [0.15, 0.2) is 46.5 Å². The minimum atomic E-state index is -0.657. The van der Waals surface area contributed by atoms with E-state index in [-0.39, 0.29) is 6.61 Å². The lowest BCUT2D eigenvalue weighted by atomic mass is 10.2. The smallest absolute Gasteiger partial charge is 0.316 e. The van der Waals surface area contributed by atoms with E-state index in [1.807, 2.05) is 16.7 Å². The van der Waals surface area contributed by atoms with Crippen LogP contribution in [0.3, 0.4) is 0 Å². The Morgan fingerprint density at radius 2 is 2.14 bits per heavy atom. The van der Waals surface area contributed by atoms with Crippen LogP contribution >= 0.6 is 0 Å². The van der Waals surface area contributed by atoms with E-state index >= 15 is 0 Å². The molecule has 0 radical (unpaired) electrons. The second-order valence-electron chi connectivity index (χ2n) is 4.66. The van der Waals surface area contributed by atoms with Crippen molar-refractivity contribution in [3.05, 3.63) is 57.6 Å². The molecule has 0 aliphatic heterocycles. The van der Waals surface area contributed by atoms with Crippen molar-refractivity contribution in [3.63, 3.8) is 0 Å². The van der Waals surface area contributed by atoms with Crippen LogP contribution in [0.1, 0.15) is 6.42 Å². The lowest BCUT2D eigenvalue weighted by Crippen LogP contribution is -2.36. The normalized spacial score (nSPS) is 11.1. The Bertz CT molecular complexity index is 877. The van der Waals surface area contributed by atoms with E-state index < -0.39 is 11.1 Å². The molecule has 2 N–H and O–H groups in total. The molecule has 0 amide bonds. The van der Waals surface area contributed by atoms with Crippen LogP contribution in [0.2, 0.25) is 0 Å². The minimum absolute atomic E-state index is 0.0397. The van der Waals surface area contributed by atoms with E-state index in [2.05, 4.69) is 9.97 Å². The average Bonchev–Trinajstić information content (AvgIpc) is 3.02. The summed E-state index contributed by atoms with van der Waals surface area (Å²) in [6.07, 6.45) is 5.52. The van der Waals surface area contributed by atoms with Crippen LogP contribution in [-0.4, -0.2) is 30.8 Å². The molecule has 21 heavy (non-hydrogen) atoms. The molecule has 0 saturated carbocycles. The summed E-state index contributed by atoms with van der Waals surface area (Å²) in [6.45, 7) is 0.255. The molecule has 0 fully saturated rings. The van der Waals surface area contributed by atoms with Crippen LogP contribution in [0.5, 0.6) is 0 Å². The second kappa shape index (κ2) is 5.37. The lowest BCUT2D eigenvalue weighted by Gasteiger charge is -2.10. The number of benzene rings is 1. The third-order valence-corrected chi connectivity index (χ3v) is 3.30. The summed E-state index contributed by atoms with van der Waals surface area (Å²) >= 11 is 0. The molecular formula is C14H14N4O3. The summed E-state index contributed by atoms with van der Waals surface area (Å²) in [5, 5.41) is 8.95. The number of aliphatic hydroxyl groups is 1. The Balaban J connectivity index is 2.25. The van der Waals surface area contributed by atoms with E-state index in [0.717, 1.165) is 5.69 Å². The molecule has 0 saturated heterocycles. The van der Waals surface area contributed by atoms with Crippen LogP contribution in [0.4, 0.5) is 0 Å². The first-order valence-electron chi connectivity index (χ1n) is 6.57. The van der Waals surface area contributed by atoms with E-state index in [9.17, 15) is 9.59 Å². The van der Waals surface area contributed by atoms with E-state index in [4.69, 9.17) is 5.11 Å². The van der Waals surface area contributed by atoms with Gasteiger partial charge >= 0.3 is 11.1 Å². The monoisotopic (exact) mass is 286 g/mol. The summed E-state index contributed by atoms with van der Waals surface area (Å²) in [5.74, 6) is 0. The van der Waals surface area contributed by atoms with Crippen molar-refractivity contribution in [2.24, 2.45) is 0 Å². The first kappa shape index (κ1) is 13.3. The standard InChI is InChI=1S/C14H14N4O3/c19-7-1-5-18-12-8-10(17-6-4-15-9-17)2-3-11(12)16-13(20)14(18)21/h2-4,6,8-9,19H,1,5,7H2,(H,16,20). The van der Waals surface area contributed by atoms with Gasteiger partial charge in [0.05, 0.1) is 17.4 Å². The maximum atomic E-state index is 12.0. The molecule has 3 rings (SSSR count). The van der Waals surface area contributed by atoms with Gasteiger partial charge < -0.3 is 19.2 Å². The predicted octanol–water partition coefficient (Wildman–Crippen LogP) is 0.258.